The fourth-order valence-corrected chi connectivity index (χ4v) is 7.23. The van der Waals surface area contributed by atoms with E-state index in [1.54, 1.807) is 17.4 Å². The van der Waals surface area contributed by atoms with Crippen LogP contribution in [0.15, 0.2) is 56.8 Å². The number of nitrogens with one attached hydrogen (secondary N) is 1. The zero-order chi connectivity index (χ0) is 22.9. The van der Waals surface area contributed by atoms with Crippen molar-refractivity contribution >= 4 is 29.0 Å². The molecule has 2 aromatic heterocycles. The number of carbonyl (C=O) groups excluding carboxylic acids is 1. The minimum atomic E-state index is -0.250. The summed E-state index contributed by atoms with van der Waals surface area (Å²) in [6.45, 7) is 6.76. The monoisotopic (exact) mass is 479 g/mol. The van der Waals surface area contributed by atoms with Crippen LogP contribution in [0.3, 0.4) is 0 Å². The summed E-state index contributed by atoms with van der Waals surface area (Å²) in [5.41, 5.74) is 4.04. The molecular formula is C26H29N3O2S2. The highest BCUT2D eigenvalue weighted by atomic mass is 32.2. The molecule has 33 heavy (non-hydrogen) atoms. The number of benzene rings is 1. The van der Waals surface area contributed by atoms with Crippen molar-refractivity contribution in [1.82, 2.24) is 14.8 Å². The number of para-hydroxylation sites is 1. The number of pyridine rings is 1. The summed E-state index contributed by atoms with van der Waals surface area (Å²) < 4.78 is 2.12. The van der Waals surface area contributed by atoms with Gasteiger partial charge in [0.2, 0.25) is 0 Å². The molecule has 1 amide bonds. The molecule has 172 valence electrons. The molecule has 3 aromatic rings. The number of rotatable bonds is 5. The lowest BCUT2D eigenvalue weighted by Crippen LogP contribution is -2.41. The van der Waals surface area contributed by atoms with Gasteiger partial charge in [-0.3, -0.25) is 14.5 Å². The summed E-state index contributed by atoms with van der Waals surface area (Å²) in [7, 11) is 0. The standard InChI is InChI=1S/C26H29N3O2S2/c1-3-28-11-6-7-19(28)15-27-26(31)25-21-14-24(18-10-12-32-16-18)33-23-9-5-4-8-20(23)29(21)17(2)13-22(25)30/h4-5,8-10,12-13,16,19,24H,3,6-7,11,14-15H2,1-2H3,(H,27,31)/t19-,24-/m1/s1. The van der Waals surface area contributed by atoms with Crippen molar-refractivity contribution in [3.05, 3.63) is 79.9 Å². The number of aromatic nitrogens is 1. The van der Waals surface area contributed by atoms with Gasteiger partial charge in [-0.25, -0.2) is 0 Å². The summed E-state index contributed by atoms with van der Waals surface area (Å²) in [6, 6.07) is 12.4. The molecule has 1 saturated heterocycles. The first-order valence-corrected chi connectivity index (χ1v) is 13.4. The summed E-state index contributed by atoms with van der Waals surface area (Å²) in [4.78, 5) is 30.2. The fourth-order valence-electron chi connectivity index (χ4n) is 5.16. The maximum Gasteiger partial charge on any atom is 0.257 e. The number of likely N-dealkylation sites (N-methyl/N-ethyl adjacent to an activating group) is 1. The molecule has 5 nitrogen and oxygen atoms in total. The quantitative estimate of drug-likeness (QED) is 0.571. The Morgan fingerprint density at radius 1 is 1.24 bits per heavy atom. The molecule has 1 aromatic carbocycles. The van der Waals surface area contributed by atoms with Crippen LogP contribution in [-0.4, -0.2) is 41.1 Å². The minimum Gasteiger partial charge on any atom is -0.350 e. The largest absolute Gasteiger partial charge is 0.350 e. The third kappa shape index (κ3) is 4.29. The Morgan fingerprint density at radius 2 is 2.09 bits per heavy atom. The van der Waals surface area contributed by atoms with Crippen molar-refractivity contribution in [2.45, 2.75) is 49.3 Å². The first-order valence-electron chi connectivity index (χ1n) is 11.6. The van der Waals surface area contributed by atoms with Crippen LogP contribution in [0.2, 0.25) is 0 Å². The van der Waals surface area contributed by atoms with Crippen LogP contribution in [0, 0.1) is 6.92 Å². The molecule has 0 aliphatic carbocycles. The van der Waals surface area contributed by atoms with Crippen LogP contribution in [0.5, 0.6) is 0 Å². The number of thioether (sulfide) groups is 1. The number of amides is 1. The maximum absolute atomic E-state index is 13.5. The van der Waals surface area contributed by atoms with Gasteiger partial charge in [-0.1, -0.05) is 19.1 Å². The van der Waals surface area contributed by atoms with Crippen LogP contribution in [0.4, 0.5) is 0 Å². The van der Waals surface area contributed by atoms with Crippen LogP contribution in [-0.2, 0) is 6.42 Å². The Hall–Kier alpha value is -2.35. The molecule has 2 atom stereocenters. The zero-order valence-electron chi connectivity index (χ0n) is 19.0. The van der Waals surface area contributed by atoms with Gasteiger partial charge >= 0.3 is 0 Å². The predicted octanol–water partition coefficient (Wildman–Crippen LogP) is 4.81. The number of aryl methyl sites for hydroxylation is 1. The molecule has 2 aliphatic heterocycles. The first-order chi connectivity index (χ1) is 16.1. The molecule has 0 saturated carbocycles. The Morgan fingerprint density at radius 3 is 2.88 bits per heavy atom. The molecule has 4 heterocycles. The Balaban J connectivity index is 1.57. The van der Waals surface area contributed by atoms with Crippen molar-refractivity contribution in [2.24, 2.45) is 0 Å². The van der Waals surface area contributed by atoms with Crippen molar-refractivity contribution in [3.63, 3.8) is 0 Å². The molecule has 0 unspecified atom stereocenters. The molecular weight excluding hydrogens is 450 g/mol. The van der Waals surface area contributed by atoms with Crippen molar-refractivity contribution in [3.8, 4) is 5.69 Å². The summed E-state index contributed by atoms with van der Waals surface area (Å²) in [6.07, 6.45) is 2.87. The summed E-state index contributed by atoms with van der Waals surface area (Å²) in [5, 5.41) is 7.51. The predicted molar refractivity (Wildman–Crippen MR) is 136 cm³/mol. The molecule has 1 N–H and O–H groups in total. The highest BCUT2D eigenvalue weighted by Gasteiger charge is 2.30. The molecule has 2 aliphatic rings. The van der Waals surface area contributed by atoms with Gasteiger partial charge in [-0.05, 0) is 67.4 Å². The molecule has 5 rings (SSSR count). The smallest absolute Gasteiger partial charge is 0.257 e. The Labute approximate surface area is 202 Å². The second-order valence-corrected chi connectivity index (χ2v) is 10.8. The van der Waals surface area contributed by atoms with Crippen molar-refractivity contribution in [1.29, 1.82) is 0 Å². The van der Waals surface area contributed by atoms with Gasteiger partial charge in [0.1, 0.15) is 5.56 Å². The number of hydrogen-bond donors (Lipinski definition) is 1. The molecule has 0 spiro atoms. The van der Waals surface area contributed by atoms with Crippen molar-refractivity contribution in [2.75, 3.05) is 19.6 Å². The van der Waals surface area contributed by atoms with Gasteiger partial charge in [0.05, 0.1) is 5.69 Å². The number of nitrogens with zero attached hydrogens (tertiary/aromatic N) is 2. The summed E-state index contributed by atoms with van der Waals surface area (Å²) in [5.74, 6) is -0.250. The highest BCUT2D eigenvalue weighted by molar-refractivity contribution is 7.99. The van der Waals surface area contributed by atoms with E-state index in [4.69, 9.17) is 0 Å². The zero-order valence-corrected chi connectivity index (χ0v) is 20.7. The van der Waals surface area contributed by atoms with Gasteiger partial charge in [0, 0.05) is 46.6 Å². The van der Waals surface area contributed by atoms with E-state index in [1.165, 1.54) is 5.56 Å². The third-order valence-corrected chi connectivity index (χ3v) is 8.82. The van der Waals surface area contributed by atoms with Crippen LogP contribution in [0.1, 0.15) is 52.3 Å². The van der Waals surface area contributed by atoms with Crippen LogP contribution in [0.25, 0.3) is 5.69 Å². The average molecular weight is 480 g/mol. The first kappa shape index (κ1) is 22.4. The van der Waals surface area contributed by atoms with Gasteiger partial charge in [0.25, 0.3) is 5.91 Å². The lowest BCUT2D eigenvalue weighted by molar-refractivity contribution is 0.0938. The van der Waals surface area contributed by atoms with Gasteiger partial charge in [0.15, 0.2) is 5.43 Å². The number of hydrogen-bond acceptors (Lipinski definition) is 5. The van der Waals surface area contributed by atoms with Crippen LogP contribution < -0.4 is 10.7 Å². The van der Waals surface area contributed by atoms with E-state index in [0.29, 0.717) is 24.6 Å². The number of likely N-dealkylation sites (tertiary alicyclic amines) is 1. The van der Waals surface area contributed by atoms with Crippen molar-refractivity contribution < 1.29 is 4.79 Å². The maximum atomic E-state index is 13.5. The number of thiophene rings is 1. The Bertz CT molecular complexity index is 1220. The SMILES string of the molecule is CCN1CCC[C@@H]1CNC(=O)c1c2n(c(C)cc1=O)-c1ccccc1S[C@@H](c1ccsc1)C2. The molecule has 0 radical (unpaired) electrons. The Kier molecular flexibility index (Phi) is 6.45. The number of fused-ring (bicyclic) bond motifs is 3. The van der Waals surface area contributed by atoms with Gasteiger partial charge < -0.3 is 9.88 Å². The normalized spacial score (nSPS) is 20.2. The van der Waals surface area contributed by atoms with E-state index in [2.05, 4.69) is 50.7 Å². The van der Waals surface area contributed by atoms with Gasteiger partial charge in [-0.15, -0.1) is 11.8 Å². The topological polar surface area (TPSA) is 54.3 Å². The minimum absolute atomic E-state index is 0.143. The lowest BCUT2D eigenvalue weighted by Gasteiger charge is -2.24. The van der Waals surface area contributed by atoms with Crippen LogP contribution >= 0.6 is 23.1 Å². The lowest BCUT2D eigenvalue weighted by atomic mass is 10.0. The fraction of sp³-hybridized carbons (Fsp3) is 0.385. The molecule has 1 fully saturated rings. The second-order valence-electron chi connectivity index (χ2n) is 8.78. The number of carbonyl (C=O) groups is 1. The third-order valence-electron chi connectivity index (χ3n) is 6.80. The van der Waals surface area contributed by atoms with E-state index in [9.17, 15) is 9.59 Å². The molecule has 7 heteroatoms. The van der Waals surface area contributed by atoms with E-state index in [-0.39, 0.29) is 16.6 Å². The van der Waals surface area contributed by atoms with E-state index in [1.807, 2.05) is 30.8 Å². The van der Waals surface area contributed by atoms with E-state index in [0.717, 1.165) is 47.9 Å². The van der Waals surface area contributed by atoms with E-state index < -0.39 is 0 Å². The highest BCUT2D eigenvalue weighted by Crippen LogP contribution is 2.44. The van der Waals surface area contributed by atoms with E-state index >= 15 is 0 Å². The molecule has 0 bridgehead atoms. The summed E-state index contributed by atoms with van der Waals surface area (Å²) >= 11 is 3.49. The average Bonchev–Trinajstić information content (AvgIpc) is 3.47. The van der Waals surface area contributed by atoms with Gasteiger partial charge in [-0.2, -0.15) is 11.3 Å². The second kappa shape index (κ2) is 9.49.